The molecule has 0 saturated heterocycles. The minimum Gasteiger partial charge on any atom is -0.339 e. The summed E-state index contributed by atoms with van der Waals surface area (Å²) in [6.07, 6.45) is 4.99. The van der Waals surface area contributed by atoms with Gasteiger partial charge in [0.15, 0.2) is 0 Å². The van der Waals surface area contributed by atoms with Crippen LogP contribution in [-0.2, 0) is 0 Å². The van der Waals surface area contributed by atoms with Crippen LogP contribution in [0, 0.1) is 20.2 Å². The lowest BCUT2D eigenvalue weighted by Gasteiger charge is -2.31. The first-order valence-corrected chi connectivity index (χ1v) is 7.11. The van der Waals surface area contributed by atoms with Gasteiger partial charge in [0.25, 0.3) is 17.3 Å². The molecule has 0 heterocycles. The van der Waals surface area contributed by atoms with Gasteiger partial charge in [-0.25, -0.2) is 0 Å². The van der Waals surface area contributed by atoms with E-state index in [1.807, 2.05) is 0 Å². The van der Waals surface area contributed by atoms with E-state index in [-0.39, 0.29) is 11.6 Å². The molecule has 0 N–H and O–H groups in total. The molecule has 1 aliphatic rings. The second kappa shape index (κ2) is 6.50. The normalized spacial score (nSPS) is 15.3. The highest BCUT2D eigenvalue weighted by atomic mass is 16.6. The first kappa shape index (κ1) is 15.9. The molecule has 1 saturated carbocycles. The van der Waals surface area contributed by atoms with Crippen LogP contribution in [0.5, 0.6) is 0 Å². The Morgan fingerprint density at radius 1 is 1.05 bits per heavy atom. The van der Waals surface area contributed by atoms with Gasteiger partial charge in [0.2, 0.25) is 0 Å². The van der Waals surface area contributed by atoms with Gasteiger partial charge in [0.05, 0.1) is 21.5 Å². The molecule has 8 heteroatoms. The van der Waals surface area contributed by atoms with Gasteiger partial charge in [-0.3, -0.25) is 25.0 Å². The van der Waals surface area contributed by atoms with Crippen molar-refractivity contribution in [1.82, 2.24) is 4.90 Å². The number of carbonyl (C=O) groups excluding carboxylic acids is 1. The van der Waals surface area contributed by atoms with Crippen molar-refractivity contribution in [2.45, 2.75) is 38.1 Å². The van der Waals surface area contributed by atoms with Gasteiger partial charge >= 0.3 is 0 Å². The van der Waals surface area contributed by atoms with Crippen LogP contribution in [0.3, 0.4) is 0 Å². The number of nitro benzene ring substituents is 2. The fraction of sp³-hybridized carbons (Fsp3) is 0.500. The lowest BCUT2D eigenvalue weighted by molar-refractivity contribution is -0.394. The van der Waals surface area contributed by atoms with Crippen LogP contribution in [-0.4, -0.2) is 33.7 Å². The van der Waals surface area contributed by atoms with E-state index in [9.17, 15) is 25.0 Å². The van der Waals surface area contributed by atoms with Crippen molar-refractivity contribution < 1.29 is 14.6 Å². The van der Waals surface area contributed by atoms with Crippen LogP contribution in [0.1, 0.15) is 42.5 Å². The van der Waals surface area contributed by atoms with Gasteiger partial charge in [0.1, 0.15) is 0 Å². The first-order chi connectivity index (χ1) is 10.4. The third kappa shape index (κ3) is 3.38. The average Bonchev–Trinajstić information content (AvgIpc) is 2.53. The van der Waals surface area contributed by atoms with Crippen LogP contribution in [0.25, 0.3) is 0 Å². The van der Waals surface area contributed by atoms with Crippen molar-refractivity contribution in [3.8, 4) is 0 Å². The molecule has 2 rings (SSSR count). The van der Waals surface area contributed by atoms with E-state index >= 15 is 0 Å². The van der Waals surface area contributed by atoms with Gasteiger partial charge in [-0.15, -0.1) is 0 Å². The molecule has 0 atom stereocenters. The van der Waals surface area contributed by atoms with Crippen molar-refractivity contribution in [3.05, 3.63) is 44.0 Å². The highest BCUT2D eigenvalue weighted by molar-refractivity contribution is 5.95. The quantitative estimate of drug-likeness (QED) is 0.628. The number of amides is 1. The maximum absolute atomic E-state index is 12.5. The molecule has 0 aliphatic heterocycles. The Kier molecular flexibility index (Phi) is 4.69. The number of hydrogen-bond acceptors (Lipinski definition) is 5. The van der Waals surface area contributed by atoms with E-state index in [0.717, 1.165) is 50.3 Å². The molecule has 22 heavy (non-hydrogen) atoms. The number of non-ortho nitro benzene ring substituents is 2. The van der Waals surface area contributed by atoms with Crippen molar-refractivity contribution in [3.63, 3.8) is 0 Å². The molecule has 0 radical (unpaired) electrons. The van der Waals surface area contributed by atoms with E-state index in [0.29, 0.717) is 0 Å². The third-order valence-corrected chi connectivity index (χ3v) is 4.01. The smallest absolute Gasteiger partial charge is 0.277 e. The summed E-state index contributed by atoms with van der Waals surface area (Å²) in [5.41, 5.74) is -0.918. The van der Waals surface area contributed by atoms with Gasteiger partial charge in [-0.1, -0.05) is 19.3 Å². The summed E-state index contributed by atoms with van der Waals surface area (Å²) >= 11 is 0. The largest absolute Gasteiger partial charge is 0.339 e. The number of nitro groups is 2. The summed E-state index contributed by atoms with van der Waals surface area (Å²) < 4.78 is 0. The first-order valence-electron chi connectivity index (χ1n) is 7.11. The van der Waals surface area contributed by atoms with Crippen molar-refractivity contribution >= 4 is 17.3 Å². The molecule has 0 spiro atoms. The van der Waals surface area contributed by atoms with E-state index in [1.165, 1.54) is 0 Å². The molecule has 0 bridgehead atoms. The van der Waals surface area contributed by atoms with Gasteiger partial charge in [-0.05, 0) is 12.8 Å². The molecule has 1 fully saturated rings. The zero-order valence-electron chi connectivity index (χ0n) is 12.2. The van der Waals surface area contributed by atoms with Gasteiger partial charge in [0, 0.05) is 25.2 Å². The Balaban J connectivity index is 2.31. The molecular weight excluding hydrogens is 290 g/mol. The Morgan fingerprint density at radius 3 is 2.00 bits per heavy atom. The monoisotopic (exact) mass is 307 g/mol. The second-order valence-corrected chi connectivity index (χ2v) is 5.46. The van der Waals surface area contributed by atoms with E-state index in [4.69, 9.17) is 0 Å². The molecule has 1 amide bonds. The zero-order chi connectivity index (χ0) is 16.3. The standard InChI is InChI=1S/C14H17N3O5/c1-15(11-5-3-2-4-6-11)14(18)10-7-12(16(19)20)9-13(8-10)17(21)22/h7-9,11H,2-6H2,1H3. The highest BCUT2D eigenvalue weighted by Crippen LogP contribution is 2.26. The summed E-state index contributed by atoms with van der Waals surface area (Å²) in [5.74, 6) is -0.418. The van der Waals surface area contributed by atoms with E-state index in [2.05, 4.69) is 0 Å². The lowest BCUT2D eigenvalue weighted by atomic mass is 9.94. The van der Waals surface area contributed by atoms with Crippen LogP contribution in [0.15, 0.2) is 18.2 Å². The predicted octanol–water partition coefficient (Wildman–Crippen LogP) is 2.91. The summed E-state index contributed by atoms with van der Waals surface area (Å²) in [5, 5.41) is 21.8. The number of benzene rings is 1. The Bertz CT molecular complexity index is 578. The summed E-state index contributed by atoms with van der Waals surface area (Å²) in [6.45, 7) is 0. The third-order valence-electron chi connectivity index (χ3n) is 4.01. The number of nitrogens with zero attached hydrogens (tertiary/aromatic N) is 3. The summed E-state index contributed by atoms with van der Waals surface area (Å²) in [7, 11) is 1.64. The van der Waals surface area contributed by atoms with Crippen LogP contribution in [0.2, 0.25) is 0 Å². The minimum absolute atomic E-state index is 0.0195. The van der Waals surface area contributed by atoms with Gasteiger partial charge in [-0.2, -0.15) is 0 Å². The predicted molar refractivity (Wildman–Crippen MR) is 78.7 cm³/mol. The molecule has 0 aromatic heterocycles. The van der Waals surface area contributed by atoms with Crippen molar-refractivity contribution in [2.24, 2.45) is 0 Å². The minimum atomic E-state index is -0.732. The van der Waals surface area contributed by atoms with Crippen molar-refractivity contribution in [1.29, 1.82) is 0 Å². The van der Waals surface area contributed by atoms with Gasteiger partial charge < -0.3 is 4.90 Å². The molecule has 1 aliphatic carbocycles. The molecule has 118 valence electrons. The number of rotatable bonds is 4. The molecule has 1 aromatic carbocycles. The molecule has 0 unspecified atom stereocenters. The average molecular weight is 307 g/mol. The highest BCUT2D eigenvalue weighted by Gasteiger charge is 2.26. The fourth-order valence-corrected chi connectivity index (χ4v) is 2.77. The SMILES string of the molecule is CN(C(=O)c1cc([N+](=O)[O-])cc([N+](=O)[O-])c1)C1CCCCC1. The fourth-order valence-electron chi connectivity index (χ4n) is 2.77. The topological polar surface area (TPSA) is 107 Å². The summed E-state index contributed by atoms with van der Waals surface area (Å²) in [6, 6.07) is 3.13. The maximum atomic E-state index is 12.5. The maximum Gasteiger partial charge on any atom is 0.277 e. The molecular formula is C14H17N3O5. The van der Waals surface area contributed by atoms with Crippen LogP contribution < -0.4 is 0 Å². The molecule has 1 aromatic rings. The Labute approximate surface area is 127 Å². The Morgan fingerprint density at radius 2 is 1.55 bits per heavy atom. The Hall–Kier alpha value is -2.51. The van der Waals surface area contributed by atoms with Crippen LogP contribution >= 0.6 is 0 Å². The zero-order valence-corrected chi connectivity index (χ0v) is 12.2. The lowest BCUT2D eigenvalue weighted by Crippen LogP contribution is -2.38. The second-order valence-electron chi connectivity index (χ2n) is 5.46. The van der Waals surface area contributed by atoms with Crippen molar-refractivity contribution in [2.75, 3.05) is 7.05 Å². The number of carbonyl (C=O) groups is 1. The molecule has 8 nitrogen and oxygen atoms in total. The van der Waals surface area contributed by atoms with E-state index < -0.39 is 27.1 Å². The van der Waals surface area contributed by atoms with Crippen LogP contribution in [0.4, 0.5) is 11.4 Å². The number of hydrogen-bond donors (Lipinski definition) is 0. The summed E-state index contributed by atoms with van der Waals surface area (Å²) in [4.78, 5) is 34.3. The van der Waals surface area contributed by atoms with E-state index in [1.54, 1.807) is 11.9 Å².